The molecule has 1 aromatic carbocycles. The van der Waals surface area contributed by atoms with Gasteiger partial charge < -0.3 is 15.4 Å². The molecular formula is C13H20N2OS. The molecule has 0 aliphatic heterocycles. The number of thiocarbonyl (C=S) groups is 1. The highest BCUT2D eigenvalue weighted by Gasteiger charge is 2.09. The summed E-state index contributed by atoms with van der Waals surface area (Å²) in [5.41, 5.74) is 7.63. The van der Waals surface area contributed by atoms with Crippen LogP contribution in [0.4, 0.5) is 5.69 Å². The van der Waals surface area contributed by atoms with Crippen molar-refractivity contribution >= 4 is 22.9 Å². The van der Waals surface area contributed by atoms with Crippen LogP contribution in [-0.4, -0.2) is 31.8 Å². The number of nitrogens with two attached hydrogens (primary N) is 1. The van der Waals surface area contributed by atoms with Gasteiger partial charge in [-0.15, -0.1) is 0 Å². The summed E-state index contributed by atoms with van der Waals surface area (Å²) in [6.07, 6.45) is 1.00. The normalized spacial score (nSPS) is 12.2. The lowest BCUT2D eigenvalue weighted by Gasteiger charge is -2.27. The molecule has 0 saturated heterocycles. The zero-order valence-electron chi connectivity index (χ0n) is 10.6. The fourth-order valence-electron chi connectivity index (χ4n) is 1.60. The van der Waals surface area contributed by atoms with Crippen molar-refractivity contribution in [3.63, 3.8) is 0 Å². The molecule has 0 fully saturated rings. The second kappa shape index (κ2) is 6.57. The molecule has 0 bridgehead atoms. The maximum Gasteiger partial charge on any atom is 0.103 e. The van der Waals surface area contributed by atoms with Gasteiger partial charge in [-0.25, -0.2) is 0 Å². The Bertz CT molecular complexity index is 364. The summed E-state index contributed by atoms with van der Waals surface area (Å²) in [7, 11) is 3.81. The fraction of sp³-hybridized carbons (Fsp3) is 0.462. The van der Waals surface area contributed by atoms with E-state index in [0.29, 0.717) is 11.0 Å². The smallest absolute Gasteiger partial charge is 0.103 e. The summed E-state index contributed by atoms with van der Waals surface area (Å²) in [5, 5.41) is 0. The third-order valence-corrected chi connectivity index (χ3v) is 3.20. The first-order chi connectivity index (χ1) is 8.06. The summed E-state index contributed by atoms with van der Waals surface area (Å²) < 4.78 is 5.09. The second-order valence-corrected chi connectivity index (χ2v) is 4.59. The summed E-state index contributed by atoms with van der Waals surface area (Å²) in [6, 6.07) is 8.43. The zero-order chi connectivity index (χ0) is 12.8. The van der Waals surface area contributed by atoms with Gasteiger partial charge in [0.1, 0.15) is 4.99 Å². The summed E-state index contributed by atoms with van der Waals surface area (Å²) in [6.45, 7) is 2.96. The van der Waals surface area contributed by atoms with Gasteiger partial charge in [-0.05, 0) is 37.6 Å². The second-order valence-electron chi connectivity index (χ2n) is 4.15. The zero-order valence-corrected chi connectivity index (χ0v) is 11.5. The lowest BCUT2D eigenvalue weighted by molar-refractivity contribution is 0.189. The molecule has 0 spiro atoms. The number of nitrogens with zero attached hydrogens (tertiary/aromatic N) is 1. The average Bonchev–Trinajstić information content (AvgIpc) is 2.35. The van der Waals surface area contributed by atoms with E-state index in [1.165, 1.54) is 0 Å². The highest BCUT2D eigenvalue weighted by atomic mass is 32.1. The molecule has 1 aromatic rings. The van der Waals surface area contributed by atoms with E-state index in [-0.39, 0.29) is 0 Å². The van der Waals surface area contributed by atoms with Crippen molar-refractivity contribution in [3.8, 4) is 0 Å². The Morgan fingerprint density at radius 2 is 2.00 bits per heavy atom. The number of methoxy groups -OCH3 is 1. The van der Waals surface area contributed by atoms with Gasteiger partial charge in [0, 0.05) is 38.1 Å². The predicted octanol–water partition coefficient (Wildman–Crippen LogP) is 2.18. The van der Waals surface area contributed by atoms with Crippen LogP contribution >= 0.6 is 12.2 Å². The number of hydrogen-bond donors (Lipinski definition) is 1. The molecular weight excluding hydrogens is 232 g/mol. The first-order valence-corrected chi connectivity index (χ1v) is 6.08. The van der Waals surface area contributed by atoms with Crippen molar-refractivity contribution in [2.24, 2.45) is 5.73 Å². The van der Waals surface area contributed by atoms with E-state index in [9.17, 15) is 0 Å². The van der Waals surface area contributed by atoms with Crippen LogP contribution in [0.2, 0.25) is 0 Å². The van der Waals surface area contributed by atoms with Crippen LogP contribution in [0, 0.1) is 0 Å². The number of anilines is 1. The first-order valence-electron chi connectivity index (χ1n) is 5.68. The van der Waals surface area contributed by atoms with Gasteiger partial charge >= 0.3 is 0 Å². The first kappa shape index (κ1) is 13.9. The van der Waals surface area contributed by atoms with Crippen LogP contribution < -0.4 is 10.6 Å². The molecule has 0 amide bonds. The summed E-state index contributed by atoms with van der Waals surface area (Å²) in [4.78, 5) is 2.66. The Balaban J connectivity index is 2.68. The minimum absolute atomic E-state index is 0.436. The number of hydrogen-bond acceptors (Lipinski definition) is 3. The van der Waals surface area contributed by atoms with Crippen molar-refractivity contribution in [2.45, 2.75) is 19.4 Å². The Morgan fingerprint density at radius 1 is 1.41 bits per heavy atom. The quantitative estimate of drug-likeness (QED) is 0.788. The van der Waals surface area contributed by atoms with Gasteiger partial charge in [0.15, 0.2) is 0 Å². The lowest BCUT2D eigenvalue weighted by Crippen LogP contribution is -2.29. The lowest BCUT2D eigenvalue weighted by atomic mass is 10.1. The van der Waals surface area contributed by atoms with E-state index in [1.54, 1.807) is 7.11 Å². The van der Waals surface area contributed by atoms with Gasteiger partial charge in [-0.1, -0.05) is 12.2 Å². The summed E-state index contributed by atoms with van der Waals surface area (Å²) >= 11 is 4.93. The molecule has 2 N–H and O–H groups in total. The van der Waals surface area contributed by atoms with E-state index in [4.69, 9.17) is 22.7 Å². The maximum absolute atomic E-state index is 5.57. The molecule has 0 aliphatic carbocycles. The molecule has 1 rings (SSSR count). The number of rotatable bonds is 6. The molecule has 94 valence electrons. The van der Waals surface area contributed by atoms with E-state index in [0.717, 1.165) is 24.3 Å². The van der Waals surface area contributed by atoms with Crippen LogP contribution in [0.1, 0.15) is 18.9 Å². The number of benzene rings is 1. The van der Waals surface area contributed by atoms with Gasteiger partial charge in [-0.3, -0.25) is 0 Å². The van der Waals surface area contributed by atoms with Gasteiger partial charge in [0.25, 0.3) is 0 Å². The standard InChI is InChI=1S/C13H20N2OS/c1-10(8-9-16-3)15(2)12-6-4-11(5-7-12)13(14)17/h4-7,10H,8-9H2,1-3H3,(H2,14,17). The van der Waals surface area contributed by atoms with Crippen molar-refractivity contribution in [3.05, 3.63) is 29.8 Å². The highest BCUT2D eigenvalue weighted by molar-refractivity contribution is 7.80. The highest BCUT2D eigenvalue weighted by Crippen LogP contribution is 2.17. The van der Waals surface area contributed by atoms with Crippen LogP contribution in [0.3, 0.4) is 0 Å². The van der Waals surface area contributed by atoms with Crippen molar-refractivity contribution in [1.82, 2.24) is 0 Å². The third kappa shape index (κ3) is 3.98. The molecule has 0 radical (unpaired) electrons. The number of ether oxygens (including phenoxy) is 1. The molecule has 3 nitrogen and oxygen atoms in total. The molecule has 4 heteroatoms. The van der Waals surface area contributed by atoms with Crippen molar-refractivity contribution in [1.29, 1.82) is 0 Å². The monoisotopic (exact) mass is 252 g/mol. The van der Waals surface area contributed by atoms with Gasteiger partial charge in [0.2, 0.25) is 0 Å². The van der Waals surface area contributed by atoms with Crippen molar-refractivity contribution < 1.29 is 4.74 Å². The maximum atomic E-state index is 5.57. The fourth-order valence-corrected chi connectivity index (χ4v) is 1.73. The van der Waals surface area contributed by atoms with E-state index >= 15 is 0 Å². The molecule has 0 aromatic heterocycles. The predicted molar refractivity (Wildman–Crippen MR) is 76.7 cm³/mol. The molecule has 17 heavy (non-hydrogen) atoms. The Hall–Kier alpha value is -1.13. The van der Waals surface area contributed by atoms with Crippen LogP contribution in [0.25, 0.3) is 0 Å². The largest absolute Gasteiger partial charge is 0.389 e. The van der Waals surface area contributed by atoms with Crippen molar-refractivity contribution in [2.75, 3.05) is 25.7 Å². The van der Waals surface area contributed by atoms with Gasteiger partial charge in [0.05, 0.1) is 0 Å². The molecule has 0 aliphatic rings. The topological polar surface area (TPSA) is 38.5 Å². The van der Waals surface area contributed by atoms with Crippen LogP contribution in [-0.2, 0) is 4.74 Å². The van der Waals surface area contributed by atoms with E-state index < -0.39 is 0 Å². The summed E-state index contributed by atoms with van der Waals surface area (Å²) in [5.74, 6) is 0. The van der Waals surface area contributed by atoms with E-state index in [1.807, 2.05) is 24.3 Å². The van der Waals surface area contributed by atoms with Gasteiger partial charge in [-0.2, -0.15) is 0 Å². The molecule has 1 unspecified atom stereocenters. The Kier molecular flexibility index (Phi) is 5.38. The molecule has 0 heterocycles. The Labute approximate surface area is 109 Å². The van der Waals surface area contributed by atoms with Crippen LogP contribution in [0.15, 0.2) is 24.3 Å². The minimum Gasteiger partial charge on any atom is -0.389 e. The minimum atomic E-state index is 0.436. The van der Waals surface area contributed by atoms with Crippen LogP contribution in [0.5, 0.6) is 0 Å². The Morgan fingerprint density at radius 3 is 2.47 bits per heavy atom. The van der Waals surface area contributed by atoms with E-state index in [2.05, 4.69) is 18.9 Å². The molecule has 0 saturated carbocycles. The average molecular weight is 252 g/mol. The third-order valence-electron chi connectivity index (χ3n) is 2.96. The molecule has 1 atom stereocenters. The SMILES string of the molecule is COCCC(C)N(C)c1ccc(C(N)=S)cc1.